The van der Waals surface area contributed by atoms with Crippen LogP contribution in [-0.2, 0) is 6.42 Å². The maximum Gasteiger partial charge on any atom is 0.118 e. The first-order valence-electron chi connectivity index (χ1n) is 12.9. The maximum absolute atomic E-state index is 14.9. The van der Waals surface area contributed by atoms with Gasteiger partial charge in [0, 0.05) is 54.7 Å². The number of aliphatic hydroxyl groups is 1. The standard InChI is InChI=1S/C29H37F2N3O/c1-19-15-24-23-7-4-5-8-25(23)32-26(24)27(34(19)18-29(2,3)31)20-9-11-21(12-10-20)28(35)22-16-33(17-22)14-6-13-30/h4-5,7-12,19,22,27-28,32,35H,6,13-18H2,1-3H3/t19-,27-,28+/m1/s1. The number of likely N-dealkylation sites (tertiary alicyclic amines) is 1. The lowest BCUT2D eigenvalue weighted by molar-refractivity contribution is -0.00611. The molecule has 0 saturated carbocycles. The van der Waals surface area contributed by atoms with Crippen molar-refractivity contribution in [1.29, 1.82) is 0 Å². The van der Waals surface area contributed by atoms with Crippen LogP contribution in [0.3, 0.4) is 0 Å². The molecule has 1 saturated heterocycles. The summed E-state index contributed by atoms with van der Waals surface area (Å²) in [7, 11) is 0. The van der Waals surface area contributed by atoms with Crippen molar-refractivity contribution in [2.24, 2.45) is 5.92 Å². The first-order chi connectivity index (χ1) is 16.7. The number of aromatic nitrogens is 1. The number of aliphatic hydroxyl groups excluding tert-OH is 1. The van der Waals surface area contributed by atoms with Crippen LogP contribution in [-0.4, -0.2) is 64.5 Å². The fourth-order valence-corrected chi connectivity index (χ4v) is 5.97. The third kappa shape index (κ3) is 4.89. The van der Waals surface area contributed by atoms with E-state index in [0.717, 1.165) is 48.4 Å². The molecule has 0 spiro atoms. The molecule has 6 heteroatoms. The van der Waals surface area contributed by atoms with E-state index in [9.17, 15) is 13.9 Å². The monoisotopic (exact) mass is 481 g/mol. The quantitative estimate of drug-likeness (QED) is 0.442. The molecule has 0 bridgehead atoms. The average molecular weight is 482 g/mol. The van der Waals surface area contributed by atoms with Crippen molar-refractivity contribution in [3.8, 4) is 0 Å². The highest BCUT2D eigenvalue weighted by molar-refractivity contribution is 5.85. The molecule has 188 valence electrons. The fourth-order valence-electron chi connectivity index (χ4n) is 5.97. The van der Waals surface area contributed by atoms with Gasteiger partial charge >= 0.3 is 0 Å². The third-order valence-electron chi connectivity index (χ3n) is 7.71. The molecule has 35 heavy (non-hydrogen) atoms. The molecule has 1 aromatic heterocycles. The predicted molar refractivity (Wildman–Crippen MR) is 137 cm³/mol. The van der Waals surface area contributed by atoms with Gasteiger partial charge in [-0.2, -0.15) is 0 Å². The van der Waals surface area contributed by atoms with Crippen molar-refractivity contribution in [2.45, 2.75) is 57.5 Å². The second-order valence-electron chi connectivity index (χ2n) is 11.1. The smallest absolute Gasteiger partial charge is 0.118 e. The molecule has 0 unspecified atom stereocenters. The van der Waals surface area contributed by atoms with Crippen LogP contribution >= 0.6 is 0 Å². The highest BCUT2D eigenvalue weighted by Crippen LogP contribution is 2.42. The molecule has 3 heterocycles. The zero-order valence-corrected chi connectivity index (χ0v) is 21.0. The van der Waals surface area contributed by atoms with Gasteiger partial charge in [0.1, 0.15) is 5.67 Å². The molecule has 5 rings (SSSR count). The molecule has 2 aromatic carbocycles. The van der Waals surface area contributed by atoms with Crippen LogP contribution in [0.4, 0.5) is 8.78 Å². The Kier molecular flexibility index (Phi) is 6.73. The minimum absolute atomic E-state index is 0.0812. The zero-order valence-electron chi connectivity index (χ0n) is 21.0. The van der Waals surface area contributed by atoms with E-state index in [1.807, 2.05) is 18.2 Å². The highest BCUT2D eigenvalue weighted by atomic mass is 19.1. The molecular formula is C29H37F2N3O. The van der Waals surface area contributed by atoms with E-state index in [1.165, 1.54) is 10.9 Å². The van der Waals surface area contributed by atoms with Crippen molar-refractivity contribution in [3.63, 3.8) is 0 Å². The zero-order chi connectivity index (χ0) is 24.7. The lowest BCUT2D eigenvalue weighted by Crippen LogP contribution is -2.49. The van der Waals surface area contributed by atoms with Crippen molar-refractivity contribution in [3.05, 3.63) is 70.9 Å². The molecular weight excluding hydrogens is 444 g/mol. The molecule has 2 N–H and O–H groups in total. The van der Waals surface area contributed by atoms with Crippen LogP contribution in [0.1, 0.15) is 61.7 Å². The van der Waals surface area contributed by atoms with Gasteiger partial charge in [-0.15, -0.1) is 0 Å². The summed E-state index contributed by atoms with van der Waals surface area (Å²) in [5.74, 6) is 0.180. The van der Waals surface area contributed by atoms with Gasteiger partial charge in [-0.1, -0.05) is 42.5 Å². The molecule has 0 amide bonds. The van der Waals surface area contributed by atoms with Gasteiger partial charge in [0.25, 0.3) is 0 Å². The number of hydrogen-bond acceptors (Lipinski definition) is 3. The predicted octanol–water partition coefficient (Wildman–Crippen LogP) is 5.58. The average Bonchev–Trinajstić information content (AvgIpc) is 3.15. The molecule has 2 aliphatic heterocycles. The van der Waals surface area contributed by atoms with Crippen LogP contribution in [0.2, 0.25) is 0 Å². The molecule has 3 atom stereocenters. The second-order valence-corrected chi connectivity index (χ2v) is 11.1. The van der Waals surface area contributed by atoms with E-state index >= 15 is 0 Å². The summed E-state index contributed by atoms with van der Waals surface area (Å²) in [5, 5.41) is 12.2. The Bertz CT molecular complexity index is 1150. The summed E-state index contributed by atoms with van der Waals surface area (Å²) < 4.78 is 27.3. The van der Waals surface area contributed by atoms with Crippen LogP contribution < -0.4 is 0 Å². The molecule has 0 radical (unpaired) electrons. The Morgan fingerprint density at radius 1 is 1.11 bits per heavy atom. The summed E-state index contributed by atoms with van der Waals surface area (Å²) in [6.45, 7) is 7.90. The van der Waals surface area contributed by atoms with Gasteiger partial charge in [-0.25, -0.2) is 4.39 Å². The summed E-state index contributed by atoms with van der Waals surface area (Å²) in [4.78, 5) is 8.12. The lowest BCUT2D eigenvalue weighted by atomic mass is 9.85. The van der Waals surface area contributed by atoms with Gasteiger partial charge < -0.3 is 15.0 Å². The number of H-pyrrole nitrogens is 1. The van der Waals surface area contributed by atoms with Gasteiger partial charge in [-0.05, 0) is 56.4 Å². The molecule has 2 aliphatic rings. The van der Waals surface area contributed by atoms with Gasteiger partial charge in [0.05, 0.1) is 18.8 Å². The Labute approximate surface area is 206 Å². The number of nitrogens with zero attached hydrogens (tertiary/aromatic N) is 2. The number of hydrogen-bond donors (Lipinski definition) is 2. The first-order valence-corrected chi connectivity index (χ1v) is 12.9. The second kappa shape index (κ2) is 9.64. The minimum atomic E-state index is -1.32. The van der Waals surface area contributed by atoms with Gasteiger partial charge in [-0.3, -0.25) is 9.29 Å². The van der Waals surface area contributed by atoms with Crippen LogP contribution in [0.15, 0.2) is 48.5 Å². The topological polar surface area (TPSA) is 42.5 Å². The van der Waals surface area contributed by atoms with E-state index < -0.39 is 11.8 Å². The number of rotatable bonds is 8. The number of benzene rings is 2. The van der Waals surface area contributed by atoms with Gasteiger partial charge in [0.2, 0.25) is 0 Å². The third-order valence-corrected chi connectivity index (χ3v) is 7.71. The number of para-hydroxylation sites is 1. The minimum Gasteiger partial charge on any atom is -0.388 e. The van der Waals surface area contributed by atoms with Crippen LogP contribution in [0.5, 0.6) is 0 Å². The van der Waals surface area contributed by atoms with Crippen molar-refractivity contribution in [2.75, 3.05) is 32.9 Å². The Balaban J connectivity index is 1.43. The molecule has 1 fully saturated rings. The number of alkyl halides is 2. The van der Waals surface area contributed by atoms with Gasteiger partial charge in [0.15, 0.2) is 0 Å². The van der Waals surface area contributed by atoms with Crippen molar-refractivity contribution >= 4 is 10.9 Å². The number of fused-ring (bicyclic) bond motifs is 3. The van der Waals surface area contributed by atoms with E-state index in [0.29, 0.717) is 13.0 Å². The molecule has 4 nitrogen and oxygen atoms in total. The molecule has 3 aromatic rings. The number of nitrogens with one attached hydrogen (secondary N) is 1. The van der Waals surface area contributed by atoms with Crippen molar-refractivity contribution < 1.29 is 13.9 Å². The normalized spacial score (nSPS) is 22.8. The summed E-state index contributed by atoms with van der Waals surface area (Å²) in [6.07, 6.45) is 0.906. The fraction of sp³-hybridized carbons (Fsp3) is 0.517. The van der Waals surface area contributed by atoms with Crippen LogP contribution in [0.25, 0.3) is 10.9 Å². The maximum atomic E-state index is 14.9. The Morgan fingerprint density at radius 2 is 1.83 bits per heavy atom. The summed E-state index contributed by atoms with van der Waals surface area (Å²) >= 11 is 0. The Morgan fingerprint density at radius 3 is 2.51 bits per heavy atom. The summed E-state index contributed by atoms with van der Waals surface area (Å²) in [5.41, 5.74) is 4.27. The number of aromatic amines is 1. The summed E-state index contributed by atoms with van der Waals surface area (Å²) in [6, 6.07) is 16.7. The van der Waals surface area contributed by atoms with Crippen LogP contribution in [0, 0.1) is 5.92 Å². The lowest BCUT2D eigenvalue weighted by Gasteiger charge is -2.43. The van der Waals surface area contributed by atoms with E-state index in [2.05, 4.69) is 52.0 Å². The van der Waals surface area contributed by atoms with E-state index in [1.54, 1.807) is 13.8 Å². The SMILES string of the molecule is C[C@@H]1Cc2c([nH]c3ccccc23)[C@@H](c2ccc([C@H](O)C3CN(CCCF)C3)cc2)N1CC(C)(C)F. The number of halogens is 2. The largest absolute Gasteiger partial charge is 0.388 e. The van der Waals surface area contributed by atoms with E-state index in [-0.39, 0.29) is 24.7 Å². The highest BCUT2D eigenvalue weighted by Gasteiger charge is 2.39. The molecule has 0 aliphatic carbocycles. The van der Waals surface area contributed by atoms with E-state index in [4.69, 9.17) is 0 Å². The Hall–Kier alpha value is -2.28. The van der Waals surface area contributed by atoms with Crippen molar-refractivity contribution in [1.82, 2.24) is 14.8 Å². The first kappa shape index (κ1) is 24.4.